The summed E-state index contributed by atoms with van der Waals surface area (Å²) in [5.41, 5.74) is 0.900. The van der Waals surface area contributed by atoms with Crippen molar-refractivity contribution in [1.29, 1.82) is 0 Å². The SMILES string of the molecule is CN=C(NCCc1ccc(F)cc1Cl)NC1CCc2nc(COC)nn2C1. The van der Waals surface area contributed by atoms with Gasteiger partial charge in [-0.25, -0.2) is 14.1 Å². The number of hydrogen-bond acceptors (Lipinski definition) is 4. The molecule has 0 radical (unpaired) electrons. The quantitative estimate of drug-likeness (QED) is 0.578. The van der Waals surface area contributed by atoms with Gasteiger partial charge in [0.2, 0.25) is 0 Å². The van der Waals surface area contributed by atoms with Crippen molar-refractivity contribution in [3.63, 3.8) is 0 Å². The third kappa shape index (κ3) is 5.17. The summed E-state index contributed by atoms with van der Waals surface area (Å²) < 4.78 is 20.1. The molecule has 1 unspecified atom stereocenters. The van der Waals surface area contributed by atoms with Gasteiger partial charge < -0.3 is 15.4 Å². The van der Waals surface area contributed by atoms with Gasteiger partial charge in [0.1, 0.15) is 18.2 Å². The number of nitrogens with zero attached hydrogens (tertiary/aromatic N) is 4. The number of rotatable bonds is 6. The third-order valence-electron chi connectivity index (χ3n) is 4.44. The van der Waals surface area contributed by atoms with Gasteiger partial charge in [-0.1, -0.05) is 17.7 Å². The molecule has 1 atom stereocenters. The predicted octanol–water partition coefficient (Wildman–Crippen LogP) is 1.94. The topological polar surface area (TPSA) is 76.4 Å². The van der Waals surface area contributed by atoms with Crippen molar-refractivity contribution in [2.75, 3.05) is 20.7 Å². The second-order valence-electron chi connectivity index (χ2n) is 6.42. The Morgan fingerprint density at radius 2 is 2.33 bits per heavy atom. The van der Waals surface area contributed by atoms with Crippen LogP contribution in [0.25, 0.3) is 0 Å². The van der Waals surface area contributed by atoms with E-state index < -0.39 is 0 Å². The van der Waals surface area contributed by atoms with Crippen LogP contribution in [0.5, 0.6) is 0 Å². The highest BCUT2D eigenvalue weighted by molar-refractivity contribution is 6.31. The van der Waals surface area contributed by atoms with E-state index in [1.54, 1.807) is 20.2 Å². The fraction of sp³-hybridized carbons (Fsp3) is 0.500. The molecule has 2 N–H and O–H groups in total. The van der Waals surface area contributed by atoms with E-state index in [2.05, 4.69) is 25.7 Å². The third-order valence-corrected chi connectivity index (χ3v) is 4.79. The zero-order chi connectivity index (χ0) is 19.2. The Hall–Kier alpha value is -2.19. The summed E-state index contributed by atoms with van der Waals surface area (Å²) in [4.78, 5) is 8.76. The lowest BCUT2D eigenvalue weighted by Crippen LogP contribution is -2.47. The monoisotopic (exact) mass is 394 g/mol. The average Bonchev–Trinajstić information content (AvgIpc) is 3.04. The van der Waals surface area contributed by atoms with Crippen LogP contribution in [0, 0.1) is 5.82 Å². The van der Waals surface area contributed by atoms with Gasteiger partial charge in [0.05, 0.1) is 6.54 Å². The van der Waals surface area contributed by atoms with Gasteiger partial charge in [-0.3, -0.25) is 4.99 Å². The number of guanidine groups is 1. The van der Waals surface area contributed by atoms with Crippen molar-refractivity contribution < 1.29 is 9.13 Å². The molecule has 27 heavy (non-hydrogen) atoms. The number of methoxy groups -OCH3 is 1. The highest BCUT2D eigenvalue weighted by Crippen LogP contribution is 2.17. The molecule has 2 heterocycles. The minimum absolute atomic E-state index is 0.218. The molecule has 7 nitrogen and oxygen atoms in total. The highest BCUT2D eigenvalue weighted by atomic mass is 35.5. The minimum Gasteiger partial charge on any atom is -0.377 e. The van der Waals surface area contributed by atoms with E-state index in [0.717, 1.165) is 36.7 Å². The summed E-state index contributed by atoms with van der Waals surface area (Å²) in [6.07, 6.45) is 2.49. The van der Waals surface area contributed by atoms with E-state index in [0.29, 0.717) is 30.4 Å². The van der Waals surface area contributed by atoms with Gasteiger partial charge in [-0.15, -0.1) is 0 Å². The van der Waals surface area contributed by atoms with E-state index in [4.69, 9.17) is 16.3 Å². The Morgan fingerprint density at radius 1 is 1.48 bits per heavy atom. The Bertz CT molecular complexity index is 809. The number of aryl methyl sites for hydroxylation is 1. The fourth-order valence-electron chi connectivity index (χ4n) is 3.10. The van der Waals surface area contributed by atoms with Crippen LogP contribution in [0.3, 0.4) is 0 Å². The lowest BCUT2D eigenvalue weighted by Gasteiger charge is -2.25. The maximum absolute atomic E-state index is 13.1. The van der Waals surface area contributed by atoms with Crippen LogP contribution in [-0.4, -0.2) is 47.5 Å². The fourth-order valence-corrected chi connectivity index (χ4v) is 3.36. The molecule has 0 bridgehead atoms. The predicted molar refractivity (Wildman–Crippen MR) is 102 cm³/mol. The van der Waals surface area contributed by atoms with E-state index in [1.807, 2.05) is 4.68 Å². The van der Waals surface area contributed by atoms with Gasteiger partial charge >= 0.3 is 0 Å². The normalized spacial score (nSPS) is 16.9. The zero-order valence-corrected chi connectivity index (χ0v) is 16.3. The first kappa shape index (κ1) is 19.6. The van der Waals surface area contributed by atoms with E-state index >= 15 is 0 Å². The first-order valence-corrected chi connectivity index (χ1v) is 9.29. The number of benzene rings is 1. The van der Waals surface area contributed by atoms with Crippen molar-refractivity contribution in [2.45, 2.75) is 38.5 Å². The van der Waals surface area contributed by atoms with Crippen molar-refractivity contribution >= 4 is 17.6 Å². The molecule has 0 saturated heterocycles. The van der Waals surface area contributed by atoms with E-state index in [1.165, 1.54) is 12.1 Å². The van der Waals surface area contributed by atoms with Crippen LogP contribution in [0.2, 0.25) is 5.02 Å². The molecular formula is C18H24ClFN6O. The first-order valence-electron chi connectivity index (χ1n) is 8.91. The number of nitrogens with one attached hydrogen (secondary N) is 2. The van der Waals surface area contributed by atoms with Gasteiger partial charge in [-0.2, -0.15) is 5.10 Å². The lowest BCUT2D eigenvalue weighted by atomic mass is 10.1. The molecular weight excluding hydrogens is 371 g/mol. The minimum atomic E-state index is -0.326. The Balaban J connectivity index is 1.50. The summed E-state index contributed by atoms with van der Waals surface area (Å²) in [5.74, 6) is 2.10. The smallest absolute Gasteiger partial charge is 0.191 e. The van der Waals surface area contributed by atoms with Gasteiger partial charge in [0.25, 0.3) is 0 Å². The van der Waals surface area contributed by atoms with E-state index in [9.17, 15) is 4.39 Å². The first-order chi connectivity index (χ1) is 13.1. The Kier molecular flexibility index (Phi) is 6.63. The van der Waals surface area contributed by atoms with Crippen LogP contribution >= 0.6 is 11.6 Å². The molecule has 3 rings (SSSR count). The summed E-state index contributed by atoms with van der Waals surface area (Å²) in [6, 6.07) is 4.68. The van der Waals surface area contributed by atoms with Crippen LogP contribution in [0.15, 0.2) is 23.2 Å². The number of halogens is 2. The van der Waals surface area contributed by atoms with Crippen LogP contribution in [0.4, 0.5) is 4.39 Å². The maximum atomic E-state index is 13.1. The van der Waals surface area contributed by atoms with Crippen LogP contribution < -0.4 is 10.6 Å². The molecule has 1 aromatic carbocycles. The van der Waals surface area contributed by atoms with Crippen molar-refractivity contribution in [3.05, 3.63) is 46.3 Å². The Labute approximate surface area is 163 Å². The lowest BCUT2D eigenvalue weighted by molar-refractivity contribution is 0.177. The molecule has 2 aromatic rings. The molecule has 0 aliphatic carbocycles. The van der Waals surface area contributed by atoms with Gasteiger partial charge in [0, 0.05) is 38.2 Å². The van der Waals surface area contributed by atoms with Crippen molar-refractivity contribution in [2.24, 2.45) is 4.99 Å². The zero-order valence-electron chi connectivity index (χ0n) is 15.5. The second-order valence-corrected chi connectivity index (χ2v) is 6.83. The van der Waals surface area contributed by atoms with E-state index in [-0.39, 0.29) is 11.9 Å². The largest absolute Gasteiger partial charge is 0.377 e. The highest BCUT2D eigenvalue weighted by Gasteiger charge is 2.22. The van der Waals surface area contributed by atoms with Crippen LogP contribution in [0.1, 0.15) is 23.6 Å². The summed E-state index contributed by atoms with van der Waals surface area (Å²) in [7, 11) is 3.37. The summed E-state index contributed by atoms with van der Waals surface area (Å²) in [6.45, 7) is 1.80. The van der Waals surface area contributed by atoms with Crippen molar-refractivity contribution in [1.82, 2.24) is 25.4 Å². The summed E-state index contributed by atoms with van der Waals surface area (Å²) >= 11 is 6.07. The average molecular weight is 395 g/mol. The van der Waals surface area contributed by atoms with Gasteiger partial charge in [-0.05, 0) is 30.5 Å². The molecule has 0 spiro atoms. The molecule has 1 aliphatic heterocycles. The standard InChI is InChI=1S/C18H24ClFN6O/c1-21-18(22-8-7-12-3-4-13(20)9-15(12)19)23-14-5-6-17-24-16(11-27-2)25-26(17)10-14/h3-4,9,14H,5-8,10-11H2,1-2H3,(H2,21,22,23). The molecule has 9 heteroatoms. The summed E-state index contributed by atoms with van der Waals surface area (Å²) in [5, 5.41) is 11.6. The maximum Gasteiger partial charge on any atom is 0.191 e. The molecule has 1 aromatic heterocycles. The number of fused-ring (bicyclic) bond motifs is 1. The molecule has 0 saturated carbocycles. The van der Waals surface area contributed by atoms with Crippen LogP contribution in [-0.2, 0) is 30.7 Å². The number of aliphatic imine (C=N–C) groups is 1. The number of aromatic nitrogens is 3. The molecule has 0 fully saturated rings. The second kappa shape index (κ2) is 9.14. The molecule has 0 amide bonds. The number of hydrogen-bond donors (Lipinski definition) is 2. The number of ether oxygens (including phenoxy) is 1. The van der Waals surface area contributed by atoms with Gasteiger partial charge in [0.15, 0.2) is 11.8 Å². The molecule has 146 valence electrons. The molecule has 1 aliphatic rings. The van der Waals surface area contributed by atoms with Crippen molar-refractivity contribution in [3.8, 4) is 0 Å². The Morgan fingerprint density at radius 3 is 3.07 bits per heavy atom.